The lowest BCUT2D eigenvalue weighted by Crippen LogP contribution is -2.47. The molecule has 1 aliphatic heterocycles. The van der Waals surface area contributed by atoms with Gasteiger partial charge in [-0.05, 0) is 18.6 Å². The second-order valence-corrected chi connectivity index (χ2v) is 4.56. The minimum Gasteiger partial charge on any atom is -0.481 e. The minimum atomic E-state index is -0.954. The Labute approximate surface area is 104 Å². The van der Waals surface area contributed by atoms with Gasteiger partial charge in [0.1, 0.15) is 5.60 Å². The molecule has 18 heavy (non-hydrogen) atoms. The van der Waals surface area contributed by atoms with Crippen molar-refractivity contribution in [2.45, 2.75) is 12.5 Å². The van der Waals surface area contributed by atoms with Crippen molar-refractivity contribution in [1.29, 1.82) is 0 Å². The molecule has 0 bridgehead atoms. The van der Waals surface area contributed by atoms with Crippen LogP contribution in [0.1, 0.15) is 11.1 Å². The van der Waals surface area contributed by atoms with Crippen LogP contribution in [0.5, 0.6) is 5.88 Å². The number of methoxy groups -OCH3 is 1. The fourth-order valence-corrected chi connectivity index (χ4v) is 2.28. The highest BCUT2D eigenvalue weighted by Gasteiger charge is 2.41. The molecule has 1 N–H and O–H groups in total. The molecule has 0 atom stereocenters. The molecular formula is C13H14N2O3. The van der Waals surface area contributed by atoms with Crippen molar-refractivity contribution in [2.75, 3.05) is 20.3 Å². The maximum Gasteiger partial charge on any atom is 0.213 e. The van der Waals surface area contributed by atoms with Gasteiger partial charge in [-0.3, -0.25) is 4.98 Å². The molecule has 1 aliphatic rings. The third-order valence-electron chi connectivity index (χ3n) is 3.23. The average molecular weight is 246 g/mol. The molecule has 3 rings (SSSR count). The van der Waals surface area contributed by atoms with Crippen LogP contribution in [0, 0.1) is 6.92 Å². The van der Waals surface area contributed by atoms with Gasteiger partial charge in [0.25, 0.3) is 0 Å². The number of hydrogen-bond donors (Lipinski definition) is 1. The quantitative estimate of drug-likeness (QED) is 0.861. The second-order valence-electron chi connectivity index (χ2n) is 4.56. The van der Waals surface area contributed by atoms with Gasteiger partial charge in [0.15, 0.2) is 0 Å². The highest BCUT2D eigenvalue weighted by Crippen LogP contribution is 2.35. The summed E-state index contributed by atoms with van der Waals surface area (Å²) in [5.41, 5.74) is 2.17. The van der Waals surface area contributed by atoms with Crippen LogP contribution in [0.25, 0.3) is 11.0 Å². The zero-order valence-corrected chi connectivity index (χ0v) is 10.3. The number of aliphatic hydroxyl groups is 1. The van der Waals surface area contributed by atoms with Crippen molar-refractivity contribution < 1.29 is 14.6 Å². The third kappa shape index (κ3) is 1.55. The fraction of sp³-hybridized carbons (Fsp3) is 0.385. The lowest BCUT2D eigenvalue weighted by Gasteiger charge is -2.37. The lowest BCUT2D eigenvalue weighted by atomic mass is 9.88. The van der Waals surface area contributed by atoms with Crippen LogP contribution in [-0.4, -0.2) is 35.4 Å². The first-order valence-electron chi connectivity index (χ1n) is 5.75. The lowest BCUT2D eigenvalue weighted by molar-refractivity contribution is -0.184. The summed E-state index contributed by atoms with van der Waals surface area (Å²) in [6, 6.07) is 3.60. The Balaban J connectivity index is 2.29. The second kappa shape index (κ2) is 3.90. The van der Waals surface area contributed by atoms with Crippen molar-refractivity contribution in [3.8, 4) is 5.88 Å². The highest BCUT2D eigenvalue weighted by molar-refractivity contribution is 5.80. The van der Waals surface area contributed by atoms with Gasteiger partial charge in [-0.1, -0.05) is 0 Å². The van der Waals surface area contributed by atoms with E-state index in [9.17, 15) is 5.11 Å². The smallest absolute Gasteiger partial charge is 0.213 e. The summed E-state index contributed by atoms with van der Waals surface area (Å²) in [6.45, 7) is 2.51. The van der Waals surface area contributed by atoms with Crippen molar-refractivity contribution in [1.82, 2.24) is 9.97 Å². The third-order valence-corrected chi connectivity index (χ3v) is 3.23. The molecule has 0 aromatic carbocycles. The van der Waals surface area contributed by atoms with E-state index in [1.54, 1.807) is 19.4 Å². The first-order chi connectivity index (χ1) is 8.64. The van der Waals surface area contributed by atoms with Crippen molar-refractivity contribution in [2.24, 2.45) is 0 Å². The molecule has 0 radical (unpaired) electrons. The van der Waals surface area contributed by atoms with E-state index in [2.05, 4.69) is 9.97 Å². The molecule has 5 heteroatoms. The van der Waals surface area contributed by atoms with Gasteiger partial charge in [-0.25, -0.2) is 4.98 Å². The molecule has 94 valence electrons. The van der Waals surface area contributed by atoms with Gasteiger partial charge in [0, 0.05) is 17.8 Å². The van der Waals surface area contributed by atoms with Gasteiger partial charge in [0.05, 0.1) is 31.4 Å². The minimum absolute atomic E-state index is 0.297. The Hall–Kier alpha value is -1.72. The van der Waals surface area contributed by atoms with Crippen LogP contribution in [0.3, 0.4) is 0 Å². The number of aromatic nitrogens is 2. The average Bonchev–Trinajstić information content (AvgIpc) is 2.35. The zero-order valence-electron chi connectivity index (χ0n) is 10.3. The Morgan fingerprint density at radius 3 is 2.78 bits per heavy atom. The summed E-state index contributed by atoms with van der Waals surface area (Å²) in [6.07, 6.45) is 1.75. The number of fused-ring (bicyclic) bond motifs is 1. The molecule has 1 fully saturated rings. The molecule has 0 amide bonds. The topological polar surface area (TPSA) is 64.5 Å². The Kier molecular flexibility index (Phi) is 2.46. The molecule has 0 unspecified atom stereocenters. The maximum atomic E-state index is 10.5. The molecule has 0 saturated carbocycles. The Morgan fingerprint density at radius 2 is 2.17 bits per heavy atom. The fourth-order valence-electron chi connectivity index (χ4n) is 2.28. The normalized spacial score (nSPS) is 17.5. The number of aryl methyl sites for hydroxylation is 1. The van der Waals surface area contributed by atoms with Crippen LogP contribution in [0.4, 0.5) is 0 Å². The number of hydrogen-bond acceptors (Lipinski definition) is 5. The molecule has 0 spiro atoms. The van der Waals surface area contributed by atoms with E-state index in [4.69, 9.17) is 9.47 Å². The summed E-state index contributed by atoms with van der Waals surface area (Å²) >= 11 is 0. The van der Waals surface area contributed by atoms with E-state index in [0.717, 1.165) is 16.6 Å². The predicted octanol–water partition coefficient (Wildman–Crippen LogP) is 1.16. The molecule has 0 aliphatic carbocycles. The van der Waals surface area contributed by atoms with Crippen LogP contribution in [0.15, 0.2) is 18.3 Å². The van der Waals surface area contributed by atoms with E-state index in [1.807, 2.05) is 13.0 Å². The van der Waals surface area contributed by atoms with Crippen LogP contribution >= 0.6 is 0 Å². The Bertz CT molecular complexity index is 608. The molecule has 5 nitrogen and oxygen atoms in total. The van der Waals surface area contributed by atoms with Crippen molar-refractivity contribution in [3.05, 3.63) is 29.5 Å². The van der Waals surface area contributed by atoms with Gasteiger partial charge in [-0.2, -0.15) is 0 Å². The monoisotopic (exact) mass is 246 g/mol. The SMILES string of the molecule is COc1ccc2ncc(C)c(C3(O)COC3)c2n1. The Morgan fingerprint density at radius 1 is 1.39 bits per heavy atom. The van der Waals surface area contributed by atoms with Crippen molar-refractivity contribution in [3.63, 3.8) is 0 Å². The molecular weight excluding hydrogens is 232 g/mol. The van der Waals surface area contributed by atoms with Gasteiger partial charge in [-0.15, -0.1) is 0 Å². The summed E-state index contributed by atoms with van der Waals surface area (Å²) in [7, 11) is 1.57. The largest absolute Gasteiger partial charge is 0.481 e. The van der Waals surface area contributed by atoms with Crippen LogP contribution < -0.4 is 4.74 Å². The molecule has 1 saturated heterocycles. The number of pyridine rings is 2. The molecule has 3 heterocycles. The first kappa shape index (κ1) is 11.4. The van der Waals surface area contributed by atoms with E-state index in [0.29, 0.717) is 24.6 Å². The van der Waals surface area contributed by atoms with E-state index >= 15 is 0 Å². The number of nitrogens with zero attached hydrogens (tertiary/aromatic N) is 2. The van der Waals surface area contributed by atoms with E-state index in [-0.39, 0.29) is 0 Å². The standard InChI is InChI=1S/C13H14N2O3/c1-8-5-14-9-3-4-10(17-2)15-12(9)11(8)13(16)6-18-7-13/h3-5,16H,6-7H2,1-2H3. The summed E-state index contributed by atoms with van der Waals surface area (Å²) < 4.78 is 10.3. The molecule has 2 aromatic rings. The summed E-state index contributed by atoms with van der Waals surface area (Å²) in [5.74, 6) is 0.514. The maximum absolute atomic E-state index is 10.5. The molecule has 2 aromatic heterocycles. The highest BCUT2D eigenvalue weighted by atomic mass is 16.5. The first-order valence-corrected chi connectivity index (χ1v) is 5.75. The van der Waals surface area contributed by atoms with E-state index < -0.39 is 5.60 Å². The predicted molar refractivity (Wildman–Crippen MR) is 65.5 cm³/mol. The number of ether oxygens (including phenoxy) is 2. The summed E-state index contributed by atoms with van der Waals surface area (Å²) in [5, 5.41) is 10.5. The number of rotatable bonds is 2. The zero-order chi connectivity index (χ0) is 12.8. The van der Waals surface area contributed by atoms with E-state index in [1.165, 1.54) is 0 Å². The van der Waals surface area contributed by atoms with Crippen LogP contribution in [0.2, 0.25) is 0 Å². The van der Waals surface area contributed by atoms with Gasteiger partial charge in [0.2, 0.25) is 5.88 Å². The van der Waals surface area contributed by atoms with Crippen molar-refractivity contribution >= 4 is 11.0 Å². The van der Waals surface area contributed by atoms with Crippen LogP contribution in [-0.2, 0) is 10.3 Å². The summed E-state index contributed by atoms with van der Waals surface area (Å²) in [4.78, 5) is 8.72. The van der Waals surface area contributed by atoms with Gasteiger partial charge >= 0.3 is 0 Å². The van der Waals surface area contributed by atoms with Gasteiger partial charge < -0.3 is 14.6 Å².